The summed E-state index contributed by atoms with van der Waals surface area (Å²) < 4.78 is 15.1. The topological polar surface area (TPSA) is 49.8 Å². The highest BCUT2D eigenvalue weighted by Gasteiger charge is 2.20. The van der Waals surface area contributed by atoms with Gasteiger partial charge in [0.25, 0.3) is 0 Å². The third-order valence-corrected chi connectivity index (χ3v) is 2.46. The van der Waals surface area contributed by atoms with E-state index in [4.69, 9.17) is 28.4 Å². The molecule has 7 heteroatoms. The van der Waals surface area contributed by atoms with Crippen molar-refractivity contribution in [1.29, 1.82) is 0 Å². The first-order valence-corrected chi connectivity index (χ1v) is 5.05. The second-order valence-corrected chi connectivity index (χ2v) is 4.32. The second kappa shape index (κ2) is 4.54. The number of hydrogen-bond donors (Lipinski definition) is 1. The molecule has 0 aromatic carbocycles. The summed E-state index contributed by atoms with van der Waals surface area (Å²) in [5, 5.41) is 0. The van der Waals surface area contributed by atoms with Crippen LogP contribution >= 0.6 is 31.1 Å². The standard InChI is InChI=1S/C3H8Cl2NO3P/c1-2-3-10(7,8)9-6(4)5/h2-3H2,1H3,(H,7,8). The first-order chi connectivity index (χ1) is 4.48. The molecule has 0 aliphatic carbocycles. The van der Waals surface area contributed by atoms with Gasteiger partial charge in [0.1, 0.15) is 0 Å². The third kappa shape index (κ3) is 5.47. The maximum Gasteiger partial charge on any atom is 0.346 e. The average molecular weight is 208 g/mol. The highest BCUT2D eigenvalue weighted by atomic mass is 35.5. The van der Waals surface area contributed by atoms with E-state index in [2.05, 4.69) is 4.62 Å². The second-order valence-electron chi connectivity index (χ2n) is 1.64. The van der Waals surface area contributed by atoms with Crippen LogP contribution in [-0.4, -0.2) is 15.2 Å². The van der Waals surface area contributed by atoms with Gasteiger partial charge >= 0.3 is 7.60 Å². The zero-order chi connectivity index (χ0) is 8.20. The normalized spacial score (nSPS) is 17.3. The van der Waals surface area contributed by atoms with Crippen molar-refractivity contribution in [1.82, 2.24) is 4.10 Å². The first-order valence-electron chi connectivity index (χ1n) is 2.61. The predicted octanol–water partition coefficient (Wildman–Crippen LogP) is 2.12. The molecule has 4 nitrogen and oxygen atoms in total. The highest BCUT2D eigenvalue weighted by molar-refractivity contribution is 7.52. The number of hydrogen-bond acceptors (Lipinski definition) is 3. The van der Waals surface area contributed by atoms with Gasteiger partial charge in [0, 0.05) is 27.7 Å². The Hall–Kier alpha value is 0.690. The Morgan fingerprint density at radius 3 is 2.50 bits per heavy atom. The lowest BCUT2D eigenvalue weighted by atomic mass is 10.6. The maximum absolute atomic E-state index is 10.7. The molecule has 1 unspecified atom stereocenters. The van der Waals surface area contributed by atoms with Crippen LogP contribution in [0.5, 0.6) is 0 Å². The summed E-state index contributed by atoms with van der Waals surface area (Å²) in [5.74, 6) is 0. The van der Waals surface area contributed by atoms with Gasteiger partial charge in [0.2, 0.25) is 0 Å². The Bertz CT molecular complexity index is 142. The minimum Gasteiger partial charge on any atom is -0.323 e. The van der Waals surface area contributed by atoms with Gasteiger partial charge in [-0.1, -0.05) is 6.92 Å². The van der Waals surface area contributed by atoms with Crippen molar-refractivity contribution in [2.75, 3.05) is 6.16 Å². The molecule has 62 valence electrons. The molecule has 0 fully saturated rings. The number of halogens is 2. The van der Waals surface area contributed by atoms with E-state index in [1.165, 1.54) is 0 Å². The number of rotatable bonds is 4. The fourth-order valence-corrected chi connectivity index (χ4v) is 1.84. The zero-order valence-corrected chi connectivity index (χ0v) is 7.73. The van der Waals surface area contributed by atoms with Crippen LogP contribution in [0.25, 0.3) is 0 Å². The van der Waals surface area contributed by atoms with Crippen LogP contribution in [0.3, 0.4) is 0 Å². The van der Waals surface area contributed by atoms with Crippen LogP contribution in [0.15, 0.2) is 0 Å². The number of nitrogens with zero attached hydrogens (tertiary/aromatic N) is 1. The van der Waals surface area contributed by atoms with Crippen LogP contribution in [0, 0.1) is 0 Å². The minimum absolute atomic E-state index is 0.0446. The molecule has 0 amide bonds. The Morgan fingerprint density at radius 2 is 2.20 bits per heavy atom. The van der Waals surface area contributed by atoms with Gasteiger partial charge in [-0.3, -0.25) is 4.57 Å². The van der Waals surface area contributed by atoms with E-state index in [0.717, 1.165) is 0 Å². The smallest absolute Gasteiger partial charge is 0.323 e. The van der Waals surface area contributed by atoms with Gasteiger partial charge in [-0.15, -0.1) is 0 Å². The summed E-state index contributed by atoms with van der Waals surface area (Å²) in [5.41, 5.74) is 0. The summed E-state index contributed by atoms with van der Waals surface area (Å²) in [7, 11) is -3.59. The fourth-order valence-electron chi connectivity index (χ4n) is 0.420. The predicted molar refractivity (Wildman–Crippen MR) is 39.6 cm³/mol. The van der Waals surface area contributed by atoms with Crippen molar-refractivity contribution >= 4 is 31.1 Å². The summed E-state index contributed by atoms with van der Waals surface area (Å²) in [6.45, 7) is 1.75. The van der Waals surface area contributed by atoms with Crippen molar-refractivity contribution in [2.45, 2.75) is 13.3 Å². The van der Waals surface area contributed by atoms with E-state index >= 15 is 0 Å². The molecule has 0 aliphatic rings. The van der Waals surface area contributed by atoms with Gasteiger partial charge < -0.3 is 4.89 Å². The van der Waals surface area contributed by atoms with Crippen molar-refractivity contribution in [2.24, 2.45) is 0 Å². The lowest BCUT2D eigenvalue weighted by Crippen LogP contribution is -1.99. The third-order valence-electron chi connectivity index (χ3n) is 0.695. The molecule has 0 bridgehead atoms. The monoisotopic (exact) mass is 207 g/mol. The summed E-state index contributed by atoms with van der Waals surface area (Å²) >= 11 is 9.88. The minimum atomic E-state index is -3.59. The van der Waals surface area contributed by atoms with Crippen molar-refractivity contribution < 1.29 is 14.1 Å². The van der Waals surface area contributed by atoms with Gasteiger partial charge in [-0.2, -0.15) is 4.62 Å². The molecule has 0 aromatic rings. The van der Waals surface area contributed by atoms with Gasteiger partial charge in [0.05, 0.1) is 6.16 Å². The molecule has 10 heavy (non-hydrogen) atoms. The molecule has 0 saturated heterocycles. The van der Waals surface area contributed by atoms with E-state index < -0.39 is 7.60 Å². The van der Waals surface area contributed by atoms with Gasteiger partial charge in [0.15, 0.2) is 0 Å². The lowest BCUT2D eigenvalue weighted by Gasteiger charge is -2.10. The summed E-state index contributed by atoms with van der Waals surface area (Å²) in [6, 6.07) is 0. The van der Waals surface area contributed by atoms with Crippen molar-refractivity contribution in [3.63, 3.8) is 0 Å². The van der Waals surface area contributed by atoms with E-state index in [-0.39, 0.29) is 10.3 Å². The molecule has 1 N–H and O–H groups in total. The maximum atomic E-state index is 10.7. The first kappa shape index (κ1) is 10.7. The molecule has 0 spiro atoms. The Balaban J connectivity index is 3.75. The Kier molecular flexibility index (Phi) is 4.86. The van der Waals surface area contributed by atoms with Crippen LogP contribution in [-0.2, 0) is 9.19 Å². The Morgan fingerprint density at radius 1 is 1.70 bits per heavy atom. The van der Waals surface area contributed by atoms with E-state index in [1.54, 1.807) is 6.92 Å². The van der Waals surface area contributed by atoms with Crippen molar-refractivity contribution in [3.05, 3.63) is 0 Å². The highest BCUT2D eigenvalue weighted by Crippen LogP contribution is 2.44. The van der Waals surface area contributed by atoms with Crippen molar-refractivity contribution in [3.8, 4) is 0 Å². The molecule has 0 rings (SSSR count). The lowest BCUT2D eigenvalue weighted by molar-refractivity contribution is 0.114. The molecular weight excluding hydrogens is 200 g/mol. The fraction of sp³-hybridized carbons (Fsp3) is 1.00. The molecule has 0 heterocycles. The van der Waals surface area contributed by atoms with Gasteiger partial charge in [-0.25, -0.2) is 0 Å². The SMILES string of the molecule is CCCP(=O)(O)ON(Cl)Cl. The Labute approximate surface area is 69.4 Å². The van der Waals surface area contributed by atoms with Crippen LogP contribution in [0.4, 0.5) is 0 Å². The van der Waals surface area contributed by atoms with E-state index in [9.17, 15) is 4.57 Å². The molecule has 0 aromatic heterocycles. The molecule has 0 aliphatic heterocycles. The molecular formula is C3H8Cl2NO3P. The van der Waals surface area contributed by atoms with E-state index in [1.807, 2.05) is 0 Å². The summed E-state index contributed by atoms with van der Waals surface area (Å²) in [6.07, 6.45) is 0.582. The quantitative estimate of drug-likeness (QED) is 0.436. The van der Waals surface area contributed by atoms with Gasteiger partial charge in [-0.05, 0) is 6.42 Å². The van der Waals surface area contributed by atoms with Crippen LogP contribution in [0.1, 0.15) is 13.3 Å². The van der Waals surface area contributed by atoms with Crippen LogP contribution < -0.4 is 0 Å². The molecule has 1 atom stereocenters. The summed E-state index contributed by atoms with van der Waals surface area (Å²) in [4.78, 5) is 8.81. The largest absolute Gasteiger partial charge is 0.346 e. The van der Waals surface area contributed by atoms with E-state index in [0.29, 0.717) is 6.42 Å². The zero-order valence-electron chi connectivity index (χ0n) is 5.33. The molecule has 0 saturated carbocycles. The molecule has 0 radical (unpaired) electrons. The van der Waals surface area contributed by atoms with Crippen LogP contribution in [0.2, 0.25) is 0 Å². The average Bonchev–Trinajstić information content (AvgIpc) is 1.59.